The van der Waals surface area contributed by atoms with E-state index in [0.717, 1.165) is 5.56 Å². The van der Waals surface area contributed by atoms with Crippen molar-refractivity contribution in [3.8, 4) is 12.3 Å². The Hall–Kier alpha value is -1.49. The van der Waals surface area contributed by atoms with E-state index in [1.165, 1.54) is 0 Å². The lowest BCUT2D eigenvalue weighted by Crippen LogP contribution is -2.11. The van der Waals surface area contributed by atoms with E-state index in [1.54, 1.807) is 13.0 Å². The number of hydrogen-bond donors (Lipinski definition) is 1. The van der Waals surface area contributed by atoms with Gasteiger partial charge < -0.3 is 4.98 Å². The fourth-order valence-electron chi connectivity index (χ4n) is 0.923. The quantitative estimate of drug-likeness (QED) is 0.545. The van der Waals surface area contributed by atoms with Crippen LogP contribution in [0.3, 0.4) is 0 Å². The van der Waals surface area contributed by atoms with E-state index in [4.69, 9.17) is 6.42 Å². The minimum atomic E-state index is -0.108. The molecule has 0 aliphatic heterocycles. The first-order valence-electron chi connectivity index (χ1n) is 3.32. The molecule has 1 N–H and O–H groups in total. The van der Waals surface area contributed by atoms with Gasteiger partial charge in [-0.3, -0.25) is 4.79 Å². The highest BCUT2D eigenvalue weighted by molar-refractivity contribution is 5.34. The Morgan fingerprint density at radius 3 is 2.64 bits per heavy atom. The molecule has 11 heavy (non-hydrogen) atoms. The van der Waals surface area contributed by atoms with Gasteiger partial charge in [-0.05, 0) is 25.5 Å². The second-order valence-corrected chi connectivity index (χ2v) is 2.48. The topological polar surface area (TPSA) is 32.9 Å². The van der Waals surface area contributed by atoms with Crippen molar-refractivity contribution in [3.05, 3.63) is 33.2 Å². The van der Waals surface area contributed by atoms with E-state index in [0.29, 0.717) is 11.3 Å². The summed E-state index contributed by atoms with van der Waals surface area (Å²) >= 11 is 0. The molecular formula is C9H9NO. The Morgan fingerprint density at radius 2 is 2.09 bits per heavy atom. The molecule has 1 rings (SSSR count). The van der Waals surface area contributed by atoms with E-state index in [9.17, 15) is 4.79 Å². The summed E-state index contributed by atoms with van der Waals surface area (Å²) < 4.78 is 0. The van der Waals surface area contributed by atoms with Gasteiger partial charge in [0.25, 0.3) is 5.56 Å². The zero-order valence-electron chi connectivity index (χ0n) is 6.56. The SMILES string of the molecule is C#Cc1[nH]c(=O)c(C)cc1C. The molecule has 1 aromatic rings. The first kappa shape index (κ1) is 7.62. The minimum absolute atomic E-state index is 0.108. The number of hydrogen-bond acceptors (Lipinski definition) is 1. The largest absolute Gasteiger partial charge is 0.315 e. The van der Waals surface area contributed by atoms with Gasteiger partial charge in [-0.15, -0.1) is 6.42 Å². The first-order valence-corrected chi connectivity index (χ1v) is 3.32. The Kier molecular flexibility index (Phi) is 1.82. The number of aromatic nitrogens is 1. The lowest BCUT2D eigenvalue weighted by atomic mass is 10.2. The van der Waals surface area contributed by atoms with Crippen LogP contribution in [0.5, 0.6) is 0 Å². The Balaban J connectivity index is 3.48. The van der Waals surface area contributed by atoms with Gasteiger partial charge in [0, 0.05) is 5.56 Å². The number of aryl methyl sites for hydroxylation is 2. The van der Waals surface area contributed by atoms with Crippen LogP contribution in [-0.4, -0.2) is 4.98 Å². The van der Waals surface area contributed by atoms with Crippen LogP contribution in [0.25, 0.3) is 0 Å². The summed E-state index contributed by atoms with van der Waals surface area (Å²) in [7, 11) is 0. The van der Waals surface area contributed by atoms with Gasteiger partial charge in [0.2, 0.25) is 0 Å². The van der Waals surface area contributed by atoms with Crippen molar-refractivity contribution in [2.75, 3.05) is 0 Å². The molecule has 0 unspecified atom stereocenters. The number of H-pyrrole nitrogens is 1. The second-order valence-electron chi connectivity index (χ2n) is 2.48. The Bertz CT molecular complexity index is 368. The number of aromatic amines is 1. The van der Waals surface area contributed by atoms with Crippen molar-refractivity contribution in [1.29, 1.82) is 0 Å². The fourth-order valence-corrected chi connectivity index (χ4v) is 0.923. The molecule has 1 aromatic heterocycles. The monoisotopic (exact) mass is 147 g/mol. The molecule has 2 nitrogen and oxygen atoms in total. The van der Waals surface area contributed by atoms with Crippen molar-refractivity contribution in [3.63, 3.8) is 0 Å². The summed E-state index contributed by atoms with van der Waals surface area (Å²) in [5.74, 6) is 2.41. The van der Waals surface area contributed by atoms with Gasteiger partial charge in [-0.25, -0.2) is 0 Å². The van der Waals surface area contributed by atoms with Gasteiger partial charge in [0.05, 0.1) is 5.69 Å². The van der Waals surface area contributed by atoms with Crippen LogP contribution in [0.15, 0.2) is 10.9 Å². The second kappa shape index (κ2) is 2.63. The molecule has 0 aliphatic carbocycles. The van der Waals surface area contributed by atoms with Gasteiger partial charge in [0.15, 0.2) is 0 Å². The summed E-state index contributed by atoms with van der Waals surface area (Å²) in [6, 6.07) is 1.79. The molecule has 56 valence electrons. The summed E-state index contributed by atoms with van der Waals surface area (Å²) in [5.41, 5.74) is 2.09. The van der Waals surface area contributed by atoms with Gasteiger partial charge in [0.1, 0.15) is 0 Å². The van der Waals surface area contributed by atoms with E-state index >= 15 is 0 Å². The molecule has 0 fully saturated rings. The van der Waals surface area contributed by atoms with Crippen LogP contribution in [0.1, 0.15) is 16.8 Å². The summed E-state index contributed by atoms with van der Waals surface area (Å²) in [5, 5.41) is 0. The van der Waals surface area contributed by atoms with E-state index in [1.807, 2.05) is 6.92 Å². The lowest BCUT2D eigenvalue weighted by molar-refractivity contribution is 1.12. The molecule has 0 aromatic carbocycles. The van der Waals surface area contributed by atoms with E-state index in [-0.39, 0.29) is 5.56 Å². The van der Waals surface area contributed by atoms with Crippen LogP contribution in [0.4, 0.5) is 0 Å². The molecule has 1 heterocycles. The highest BCUT2D eigenvalue weighted by Crippen LogP contribution is 2.00. The average Bonchev–Trinajstić information content (AvgIpc) is 1.97. The van der Waals surface area contributed by atoms with Gasteiger partial charge >= 0.3 is 0 Å². The smallest absolute Gasteiger partial charge is 0.251 e. The van der Waals surface area contributed by atoms with Crippen molar-refractivity contribution < 1.29 is 0 Å². The van der Waals surface area contributed by atoms with Crippen LogP contribution in [0.2, 0.25) is 0 Å². The average molecular weight is 147 g/mol. The zero-order chi connectivity index (χ0) is 8.43. The predicted octanol–water partition coefficient (Wildman–Crippen LogP) is 0.973. The molecule has 2 heteroatoms. The zero-order valence-corrected chi connectivity index (χ0v) is 6.56. The fraction of sp³-hybridized carbons (Fsp3) is 0.222. The third-order valence-corrected chi connectivity index (χ3v) is 1.57. The Morgan fingerprint density at radius 1 is 1.45 bits per heavy atom. The van der Waals surface area contributed by atoms with Crippen molar-refractivity contribution in [2.45, 2.75) is 13.8 Å². The maximum absolute atomic E-state index is 11.0. The molecule has 0 aliphatic rings. The van der Waals surface area contributed by atoms with E-state index < -0.39 is 0 Å². The van der Waals surface area contributed by atoms with Crippen LogP contribution in [0, 0.1) is 26.2 Å². The highest BCUT2D eigenvalue weighted by Gasteiger charge is 1.97. The minimum Gasteiger partial charge on any atom is -0.315 e. The molecule has 0 saturated carbocycles. The van der Waals surface area contributed by atoms with Gasteiger partial charge in [-0.1, -0.05) is 5.92 Å². The maximum atomic E-state index is 11.0. The number of rotatable bonds is 0. The number of terminal acetylenes is 1. The molecule has 0 spiro atoms. The molecule has 0 amide bonds. The molecule has 0 atom stereocenters. The molecule has 0 bridgehead atoms. The third-order valence-electron chi connectivity index (χ3n) is 1.57. The highest BCUT2D eigenvalue weighted by atomic mass is 16.1. The summed E-state index contributed by atoms with van der Waals surface area (Å²) in [6.45, 7) is 3.63. The summed E-state index contributed by atoms with van der Waals surface area (Å²) in [4.78, 5) is 13.6. The standard InChI is InChI=1S/C9H9NO/c1-4-8-6(2)5-7(3)9(11)10-8/h1,5H,2-3H3,(H,10,11). The van der Waals surface area contributed by atoms with Crippen molar-refractivity contribution in [1.82, 2.24) is 4.98 Å². The molecule has 0 radical (unpaired) electrons. The maximum Gasteiger partial charge on any atom is 0.251 e. The lowest BCUT2D eigenvalue weighted by Gasteiger charge is -1.97. The van der Waals surface area contributed by atoms with E-state index in [2.05, 4.69) is 10.9 Å². The normalized spacial score (nSPS) is 9.18. The van der Waals surface area contributed by atoms with Crippen LogP contribution in [-0.2, 0) is 0 Å². The summed E-state index contributed by atoms with van der Waals surface area (Å²) in [6.07, 6.45) is 5.15. The molecular weight excluding hydrogens is 138 g/mol. The van der Waals surface area contributed by atoms with Crippen LogP contribution < -0.4 is 5.56 Å². The third kappa shape index (κ3) is 1.32. The Labute approximate surface area is 65.3 Å². The van der Waals surface area contributed by atoms with Crippen molar-refractivity contribution >= 4 is 0 Å². The predicted molar refractivity (Wildman–Crippen MR) is 44.5 cm³/mol. The number of nitrogens with one attached hydrogen (secondary N) is 1. The number of pyridine rings is 1. The first-order chi connectivity index (χ1) is 5.15. The van der Waals surface area contributed by atoms with Crippen LogP contribution >= 0.6 is 0 Å². The van der Waals surface area contributed by atoms with Crippen molar-refractivity contribution in [2.24, 2.45) is 0 Å². The molecule has 0 saturated heterocycles. The van der Waals surface area contributed by atoms with Gasteiger partial charge in [-0.2, -0.15) is 0 Å².